The zero-order chi connectivity index (χ0) is 14.0. The average Bonchev–Trinajstić information content (AvgIpc) is 3.04. The van der Waals surface area contributed by atoms with E-state index in [9.17, 15) is 0 Å². The van der Waals surface area contributed by atoms with E-state index in [0.29, 0.717) is 5.71 Å². The van der Waals surface area contributed by atoms with Gasteiger partial charge < -0.3 is 8.98 Å². The van der Waals surface area contributed by atoms with Crippen LogP contribution in [0.5, 0.6) is 0 Å². The zero-order valence-corrected chi connectivity index (χ0v) is 11.5. The summed E-state index contributed by atoms with van der Waals surface area (Å²) in [7, 11) is 2.09. The average molecular weight is 272 g/mol. The Hall–Kier alpha value is -2.81. The van der Waals surface area contributed by atoms with Gasteiger partial charge in [0.1, 0.15) is 0 Å². The molecule has 100 valence electrons. The Labute approximate surface area is 120 Å². The lowest BCUT2D eigenvalue weighted by molar-refractivity contribution is 0.655. The first-order valence-corrected chi connectivity index (χ1v) is 6.98. The largest absolute Gasteiger partial charge is 0.435 e. The van der Waals surface area contributed by atoms with Crippen LogP contribution < -0.4 is 0 Å². The Balaban J connectivity index is 2.14. The van der Waals surface area contributed by atoms with E-state index in [2.05, 4.69) is 59.1 Å². The van der Waals surface area contributed by atoms with Crippen LogP contribution in [-0.4, -0.2) is 9.55 Å². The Bertz CT molecular complexity index is 1150. The number of rotatable bonds is 0. The van der Waals surface area contributed by atoms with Crippen molar-refractivity contribution < 1.29 is 4.42 Å². The van der Waals surface area contributed by atoms with Crippen molar-refractivity contribution in [3.8, 4) is 0 Å². The van der Waals surface area contributed by atoms with E-state index in [1.165, 1.54) is 16.3 Å². The summed E-state index contributed by atoms with van der Waals surface area (Å²) in [5, 5.41) is 4.67. The summed E-state index contributed by atoms with van der Waals surface area (Å²) in [6.45, 7) is 0. The zero-order valence-electron chi connectivity index (χ0n) is 11.5. The summed E-state index contributed by atoms with van der Waals surface area (Å²) in [5.74, 6) is 0. The van der Waals surface area contributed by atoms with Crippen molar-refractivity contribution in [2.24, 2.45) is 7.05 Å². The van der Waals surface area contributed by atoms with Crippen LogP contribution in [-0.2, 0) is 7.05 Å². The number of furan rings is 1. The molecule has 0 saturated carbocycles. The van der Waals surface area contributed by atoms with Gasteiger partial charge in [0.2, 0.25) is 5.71 Å². The van der Waals surface area contributed by atoms with Gasteiger partial charge in [-0.2, -0.15) is 0 Å². The summed E-state index contributed by atoms with van der Waals surface area (Å²) in [6.07, 6.45) is 1.77. The number of aromatic nitrogens is 2. The second kappa shape index (κ2) is 3.64. The van der Waals surface area contributed by atoms with Crippen LogP contribution in [0.15, 0.2) is 59.1 Å². The monoisotopic (exact) mass is 272 g/mol. The molecule has 0 unspecified atom stereocenters. The predicted molar refractivity (Wildman–Crippen MR) is 85.5 cm³/mol. The number of hydrogen-bond acceptors (Lipinski definition) is 2. The van der Waals surface area contributed by atoms with Gasteiger partial charge in [0.25, 0.3) is 0 Å². The molecule has 0 amide bonds. The lowest BCUT2D eigenvalue weighted by atomic mass is 10.1. The van der Waals surface area contributed by atoms with Gasteiger partial charge in [0.15, 0.2) is 5.58 Å². The first kappa shape index (κ1) is 10.9. The molecule has 3 nitrogen and oxygen atoms in total. The predicted octanol–water partition coefficient (Wildman–Crippen LogP) is 4.63. The van der Waals surface area contributed by atoms with E-state index in [0.717, 1.165) is 21.9 Å². The topological polar surface area (TPSA) is 31.0 Å². The maximum absolute atomic E-state index is 6.04. The van der Waals surface area contributed by atoms with Crippen LogP contribution >= 0.6 is 0 Å². The molecule has 3 heterocycles. The molecular formula is C18H12N2O. The van der Waals surface area contributed by atoms with Crippen molar-refractivity contribution in [2.45, 2.75) is 0 Å². The molecule has 3 aromatic heterocycles. The van der Waals surface area contributed by atoms with Gasteiger partial charge in [-0.15, -0.1) is 0 Å². The molecule has 2 aromatic carbocycles. The Morgan fingerprint density at radius 2 is 1.67 bits per heavy atom. The number of pyridine rings is 1. The van der Waals surface area contributed by atoms with Gasteiger partial charge in [-0.25, -0.2) is 4.98 Å². The minimum absolute atomic E-state index is 0.699. The fourth-order valence-corrected chi connectivity index (χ4v) is 3.33. The Morgan fingerprint density at radius 3 is 2.62 bits per heavy atom. The molecule has 0 atom stereocenters. The number of hydrogen-bond donors (Lipinski definition) is 0. The number of nitrogens with zero attached hydrogens (tertiary/aromatic N) is 2. The highest BCUT2D eigenvalue weighted by atomic mass is 16.3. The number of para-hydroxylation sites is 1. The molecule has 21 heavy (non-hydrogen) atoms. The van der Waals surface area contributed by atoms with Crippen molar-refractivity contribution in [1.82, 2.24) is 9.55 Å². The molecule has 0 radical (unpaired) electrons. The Kier molecular flexibility index (Phi) is 1.89. The number of benzene rings is 2. The normalized spacial score (nSPS) is 12.0. The molecule has 0 N–H and O–H groups in total. The van der Waals surface area contributed by atoms with E-state index in [1.54, 1.807) is 6.20 Å². The van der Waals surface area contributed by atoms with Gasteiger partial charge >= 0.3 is 0 Å². The smallest absolute Gasteiger partial charge is 0.227 e. The van der Waals surface area contributed by atoms with Gasteiger partial charge in [-0.3, -0.25) is 0 Å². The van der Waals surface area contributed by atoms with Gasteiger partial charge in [0.05, 0.1) is 5.52 Å². The van der Waals surface area contributed by atoms with E-state index < -0.39 is 0 Å². The van der Waals surface area contributed by atoms with Gasteiger partial charge in [0, 0.05) is 40.3 Å². The summed E-state index contributed by atoms with van der Waals surface area (Å²) < 4.78 is 8.25. The van der Waals surface area contributed by atoms with Crippen LogP contribution in [0.3, 0.4) is 0 Å². The molecule has 0 aliphatic carbocycles. The summed E-state index contributed by atoms with van der Waals surface area (Å²) in [6, 6.07) is 16.8. The lowest BCUT2D eigenvalue weighted by Crippen LogP contribution is -1.86. The summed E-state index contributed by atoms with van der Waals surface area (Å²) >= 11 is 0. The molecule has 5 rings (SSSR count). The summed E-state index contributed by atoms with van der Waals surface area (Å²) in [4.78, 5) is 4.33. The molecule has 0 spiro atoms. The maximum atomic E-state index is 6.04. The van der Waals surface area contributed by atoms with Gasteiger partial charge in [-0.05, 0) is 24.3 Å². The highest BCUT2D eigenvalue weighted by Crippen LogP contribution is 2.37. The van der Waals surface area contributed by atoms with Crippen LogP contribution in [0, 0.1) is 0 Å². The minimum Gasteiger partial charge on any atom is -0.435 e. The molecule has 0 aliphatic rings. The first-order valence-electron chi connectivity index (χ1n) is 6.98. The minimum atomic E-state index is 0.699. The number of fused-ring (bicyclic) bond motifs is 7. The van der Waals surface area contributed by atoms with Crippen molar-refractivity contribution in [1.29, 1.82) is 0 Å². The fourth-order valence-electron chi connectivity index (χ4n) is 3.33. The summed E-state index contributed by atoms with van der Waals surface area (Å²) in [5.41, 5.74) is 3.96. The highest BCUT2D eigenvalue weighted by molar-refractivity contribution is 6.20. The standard InChI is InChI=1S/C18H12N2O/c1-20-15-7-3-2-5-11(15)12-8-9-13-14-6-4-10-19-18(14)21-17(13)16(12)20/h2-10H,1H3. The Morgan fingerprint density at radius 1 is 0.857 bits per heavy atom. The van der Waals surface area contributed by atoms with E-state index in [4.69, 9.17) is 4.42 Å². The first-order chi connectivity index (χ1) is 10.3. The molecule has 0 bridgehead atoms. The molecule has 5 aromatic rings. The van der Waals surface area contributed by atoms with Crippen LogP contribution in [0.25, 0.3) is 43.9 Å². The third-order valence-electron chi connectivity index (χ3n) is 4.28. The molecule has 3 heteroatoms. The second-order valence-electron chi connectivity index (χ2n) is 5.37. The van der Waals surface area contributed by atoms with Crippen molar-refractivity contribution in [3.63, 3.8) is 0 Å². The SMILES string of the molecule is Cn1c2ccccc2c2ccc3c4cccnc4oc3c21. The van der Waals surface area contributed by atoms with Crippen LogP contribution in [0.1, 0.15) is 0 Å². The van der Waals surface area contributed by atoms with Crippen molar-refractivity contribution in [3.05, 3.63) is 54.7 Å². The quantitative estimate of drug-likeness (QED) is 0.411. The molecule has 0 fully saturated rings. The highest BCUT2D eigenvalue weighted by Gasteiger charge is 2.15. The number of aryl methyl sites for hydroxylation is 1. The third kappa shape index (κ3) is 1.26. The van der Waals surface area contributed by atoms with E-state index in [1.807, 2.05) is 6.07 Å². The molecular weight excluding hydrogens is 260 g/mol. The molecule has 0 saturated heterocycles. The molecule has 0 aliphatic heterocycles. The maximum Gasteiger partial charge on any atom is 0.227 e. The van der Waals surface area contributed by atoms with Crippen LogP contribution in [0.4, 0.5) is 0 Å². The van der Waals surface area contributed by atoms with Gasteiger partial charge in [-0.1, -0.05) is 24.3 Å². The van der Waals surface area contributed by atoms with Crippen LogP contribution in [0.2, 0.25) is 0 Å². The lowest BCUT2D eigenvalue weighted by Gasteiger charge is -1.98. The van der Waals surface area contributed by atoms with Crippen molar-refractivity contribution in [2.75, 3.05) is 0 Å². The van der Waals surface area contributed by atoms with Crippen molar-refractivity contribution >= 4 is 43.9 Å². The second-order valence-corrected chi connectivity index (χ2v) is 5.37. The fraction of sp³-hybridized carbons (Fsp3) is 0.0556. The third-order valence-corrected chi connectivity index (χ3v) is 4.28. The van der Waals surface area contributed by atoms with E-state index in [-0.39, 0.29) is 0 Å². The van der Waals surface area contributed by atoms with E-state index >= 15 is 0 Å².